The van der Waals surface area contributed by atoms with E-state index in [0.29, 0.717) is 43.5 Å². The number of hydrogen-bond donors (Lipinski definition) is 1. The Bertz CT molecular complexity index is 1180. The van der Waals surface area contributed by atoms with Crippen molar-refractivity contribution >= 4 is 62.4 Å². The zero-order chi connectivity index (χ0) is 21.8. The van der Waals surface area contributed by atoms with E-state index in [9.17, 15) is 10.1 Å². The lowest BCUT2D eigenvalue weighted by atomic mass is 10.1. The van der Waals surface area contributed by atoms with Gasteiger partial charge in [-0.2, -0.15) is 5.26 Å². The van der Waals surface area contributed by atoms with Crippen LogP contribution in [-0.4, -0.2) is 17.6 Å². The van der Waals surface area contributed by atoms with Crippen molar-refractivity contribution in [3.8, 4) is 17.3 Å². The maximum absolute atomic E-state index is 12.3. The van der Waals surface area contributed by atoms with Crippen LogP contribution < -0.4 is 5.32 Å². The molecule has 3 rings (SSSR count). The zero-order valence-corrected chi connectivity index (χ0v) is 19.5. The number of nitrogens with one attached hydrogen (secondary N) is 1. The number of ether oxygens (including phenoxy) is 1. The van der Waals surface area contributed by atoms with E-state index in [0.717, 1.165) is 16.0 Å². The molecule has 9 heteroatoms. The van der Waals surface area contributed by atoms with Crippen LogP contribution in [0.15, 0.2) is 29.8 Å². The molecule has 0 radical (unpaired) electrons. The van der Waals surface area contributed by atoms with Crippen molar-refractivity contribution in [3.63, 3.8) is 0 Å². The molecule has 0 saturated heterocycles. The van der Waals surface area contributed by atoms with E-state index in [2.05, 4.69) is 16.4 Å². The number of anilines is 1. The van der Waals surface area contributed by atoms with Gasteiger partial charge < -0.3 is 10.1 Å². The van der Waals surface area contributed by atoms with Gasteiger partial charge in [-0.25, -0.2) is 9.78 Å². The summed E-state index contributed by atoms with van der Waals surface area (Å²) in [5, 5.41) is 16.7. The summed E-state index contributed by atoms with van der Waals surface area (Å²) < 4.78 is 5.16. The van der Waals surface area contributed by atoms with Gasteiger partial charge in [0.25, 0.3) is 0 Å². The largest absolute Gasteiger partial charge is 0.462 e. The number of thiazole rings is 1. The van der Waals surface area contributed by atoms with Crippen molar-refractivity contribution in [1.82, 2.24) is 4.98 Å². The van der Waals surface area contributed by atoms with Crippen molar-refractivity contribution in [2.75, 3.05) is 11.9 Å². The first kappa shape index (κ1) is 22.3. The third-order valence-electron chi connectivity index (χ3n) is 4.28. The summed E-state index contributed by atoms with van der Waals surface area (Å²) in [6.07, 6.45) is 1.56. The molecule has 0 saturated carbocycles. The highest BCUT2D eigenvalue weighted by atomic mass is 35.5. The number of aromatic nitrogens is 1. The fraction of sp³-hybridized carbons (Fsp3) is 0.190. The number of aryl methyl sites for hydroxylation is 1. The number of carbonyl (C=O) groups is 1. The molecular weight excluding hydrogens is 461 g/mol. The Morgan fingerprint density at radius 1 is 1.33 bits per heavy atom. The predicted molar refractivity (Wildman–Crippen MR) is 125 cm³/mol. The Morgan fingerprint density at radius 3 is 2.77 bits per heavy atom. The fourth-order valence-corrected chi connectivity index (χ4v) is 4.75. The maximum Gasteiger partial charge on any atom is 0.341 e. The highest BCUT2D eigenvalue weighted by Gasteiger charge is 2.20. The summed E-state index contributed by atoms with van der Waals surface area (Å²) >= 11 is 14.8. The second-order valence-electron chi connectivity index (χ2n) is 6.19. The Hall–Kier alpha value is -2.37. The number of nitrogens with zero attached hydrogens (tertiary/aromatic N) is 2. The number of carbonyl (C=O) groups excluding carboxylic acids is 1. The number of hydrogen-bond acceptors (Lipinski definition) is 7. The molecule has 0 spiro atoms. The number of esters is 1. The molecule has 0 atom stereocenters. The monoisotopic (exact) mass is 477 g/mol. The number of benzene rings is 1. The standard InChI is InChI=1S/C21H17Cl2N3O2S2/c1-4-28-21(27)18-11(2)12(3)30-20(18)25-9-14(8-24)19-26-17(10-29-19)13-5-6-15(22)16(23)7-13/h5-7,9-10,25H,4H2,1-3H3. The number of nitriles is 1. The lowest BCUT2D eigenvalue weighted by molar-refractivity contribution is 0.0527. The minimum Gasteiger partial charge on any atom is -0.462 e. The first-order chi connectivity index (χ1) is 14.3. The zero-order valence-electron chi connectivity index (χ0n) is 16.4. The molecule has 154 valence electrons. The maximum atomic E-state index is 12.3. The molecule has 0 aliphatic carbocycles. The third kappa shape index (κ3) is 4.68. The molecular formula is C21H17Cl2N3O2S2. The van der Waals surface area contributed by atoms with Gasteiger partial charge in [0.2, 0.25) is 0 Å². The normalized spacial score (nSPS) is 11.3. The molecule has 3 aromatic rings. The summed E-state index contributed by atoms with van der Waals surface area (Å²) in [5.74, 6) is -0.384. The molecule has 1 N–H and O–H groups in total. The summed E-state index contributed by atoms with van der Waals surface area (Å²) in [6, 6.07) is 7.42. The summed E-state index contributed by atoms with van der Waals surface area (Å²) in [4.78, 5) is 17.9. The lowest BCUT2D eigenvalue weighted by Gasteiger charge is -2.05. The molecule has 0 fully saturated rings. The van der Waals surface area contributed by atoms with Gasteiger partial charge in [0.15, 0.2) is 0 Å². The van der Waals surface area contributed by atoms with Crippen LogP contribution in [0.4, 0.5) is 5.00 Å². The van der Waals surface area contributed by atoms with E-state index < -0.39 is 0 Å². The van der Waals surface area contributed by atoms with Gasteiger partial charge in [-0.3, -0.25) is 0 Å². The smallest absolute Gasteiger partial charge is 0.341 e. The van der Waals surface area contributed by atoms with Gasteiger partial charge >= 0.3 is 5.97 Å². The second-order valence-corrected chi connectivity index (χ2v) is 9.09. The number of rotatable bonds is 6. The molecule has 30 heavy (non-hydrogen) atoms. The number of halogens is 2. The van der Waals surface area contributed by atoms with E-state index in [4.69, 9.17) is 27.9 Å². The van der Waals surface area contributed by atoms with E-state index in [1.165, 1.54) is 22.7 Å². The third-order valence-corrected chi connectivity index (χ3v) is 7.04. The van der Waals surface area contributed by atoms with Crippen LogP contribution in [0.1, 0.15) is 32.7 Å². The van der Waals surface area contributed by atoms with E-state index in [1.807, 2.05) is 25.3 Å². The lowest BCUT2D eigenvalue weighted by Crippen LogP contribution is -2.07. The molecule has 0 aliphatic heterocycles. The Balaban J connectivity index is 1.89. The topological polar surface area (TPSA) is 75.0 Å². The molecule has 5 nitrogen and oxygen atoms in total. The van der Waals surface area contributed by atoms with E-state index in [1.54, 1.807) is 25.3 Å². The van der Waals surface area contributed by atoms with Gasteiger partial charge in [0, 0.05) is 22.0 Å². The molecule has 2 aromatic heterocycles. The minimum atomic E-state index is -0.384. The van der Waals surface area contributed by atoms with Crippen molar-refractivity contribution in [2.45, 2.75) is 20.8 Å². The summed E-state index contributed by atoms with van der Waals surface area (Å²) in [6.45, 7) is 5.87. The molecule has 0 unspecified atom stereocenters. The predicted octanol–water partition coefficient (Wildman–Crippen LogP) is 6.95. The van der Waals surface area contributed by atoms with Gasteiger partial charge in [0.05, 0.1) is 27.9 Å². The van der Waals surface area contributed by atoms with Crippen LogP contribution in [0, 0.1) is 25.2 Å². The number of thiophene rings is 1. The highest BCUT2D eigenvalue weighted by molar-refractivity contribution is 7.16. The SMILES string of the molecule is CCOC(=O)c1c(NC=C(C#N)c2nc(-c3ccc(Cl)c(Cl)c3)cs2)sc(C)c1C. The Kier molecular flexibility index (Phi) is 7.16. The first-order valence-corrected chi connectivity index (χ1v) is 11.4. The van der Waals surface area contributed by atoms with Crippen molar-refractivity contribution in [1.29, 1.82) is 5.26 Å². The molecule has 0 aliphatic rings. The first-order valence-electron chi connectivity index (χ1n) is 8.90. The van der Waals surface area contributed by atoms with Crippen LogP contribution in [-0.2, 0) is 4.74 Å². The average molecular weight is 478 g/mol. The average Bonchev–Trinajstić information content (AvgIpc) is 3.30. The van der Waals surface area contributed by atoms with Gasteiger partial charge in [-0.1, -0.05) is 29.3 Å². The second kappa shape index (κ2) is 9.63. The van der Waals surface area contributed by atoms with Crippen LogP contribution in [0.2, 0.25) is 10.0 Å². The summed E-state index contributed by atoms with van der Waals surface area (Å²) in [5.41, 5.74) is 3.22. The summed E-state index contributed by atoms with van der Waals surface area (Å²) in [7, 11) is 0. The van der Waals surface area contributed by atoms with E-state index >= 15 is 0 Å². The Morgan fingerprint density at radius 2 is 2.10 bits per heavy atom. The van der Waals surface area contributed by atoms with Crippen LogP contribution >= 0.6 is 45.9 Å². The minimum absolute atomic E-state index is 0.294. The van der Waals surface area contributed by atoms with Gasteiger partial charge in [0.1, 0.15) is 21.7 Å². The number of allylic oxidation sites excluding steroid dienone is 1. The van der Waals surface area contributed by atoms with Crippen molar-refractivity contribution in [3.05, 3.63) is 60.8 Å². The molecule has 2 heterocycles. The van der Waals surface area contributed by atoms with Gasteiger partial charge in [-0.05, 0) is 38.5 Å². The molecule has 0 bridgehead atoms. The molecule has 0 amide bonds. The fourth-order valence-electron chi connectivity index (χ4n) is 2.64. The van der Waals surface area contributed by atoms with Crippen LogP contribution in [0.5, 0.6) is 0 Å². The van der Waals surface area contributed by atoms with Gasteiger partial charge in [-0.15, -0.1) is 22.7 Å². The quantitative estimate of drug-likeness (QED) is 0.307. The van der Waals surface area contributed by atoms with Crippen molar-refractivity contribution in [2.24, 2.45) is 0 Å². The highest BCUT2D eigenvalue weighted by Crippen LogP contribution is 2.34. The van der Waals surface area contributed by atoms with Crippen molar-refractivity contribution < 1.29 is 9.53 Å². The van der Waals surface area contributed by atoms with Crippen LogP contribution in [0.3, 0.4) is 0 Å². The molecule has 1 aromatic carbocycles. The Labute approximate surface area is 192 Å². The van der Waals surface area contributed by atoms with E-state index in [-0.39, 0.29) is 5.97 Å². The van der Waals surface area contributed by atoms with Crippen LogP contribution in [0.25, 0.3) is 16.8 Å².